The molecule has 3 aromatic rings. The van der Waals surface area contributed by atoms with Crippen molar-refractivity contribution >= 4 is 28.8 Å². The maximum Gasteiger partial charge on any atom is 0.133 e. The van der Waals surface area contributed by atoms with Crippen molar-refractivity contribution in [1.82, 2.24) is 9.78 Å². The van der Waals surface area contributed by atoms with Gasteiger partial charge in [0.2, 0.25) is 0 Å². The fourth-order valence-corrected chi connectivity index (χ4v) is 3.83. The Morgan fingerprint density at radius 1 is 1.24 bits per heavy atom. The van der Waals surface area contributed by atoms with Crippen LogP contribution in [-0.2, 0) is 6.42 Å². The summed E-state index contributed by atoms with van der Waals surface area (Å²) in [5.74, 6) is 1.07. The molecule has 0 spiro atoms. The third-order valence-electron chi connectivity index (χ3n) is 3.71. The highest BCUT2D eigenvalue weighted by Gasteiger charge is 2.25. The number of hydrogen-bond acceptors (Lipinski definition) is 3. The number of aryl methyl sites for hydroxylation is 1. The number of fused-ring (bicyclic) bond motifs is 1. The number of nitrogens with zero attached hydrogens (tertiary/aromatic N) is 2. The molecule has 0 saturated heterocycles. The summed E-state index contributed by atoms with van der Waals surface area (Å²) in [5, 5.41) is 8.98. The lowest BCUT2D eigenvalue weighted by molar-refractivity contribution is 0.883. The third kappa shape index (κ3) is 2.06. The fourth-order valence-electron chi connectivity index (χ4n) is 2.73. The number of rotatable bonds is 2. The smallest absolute Gasteiger partial charge is 0.133 e. The molecule has 0 fully saturated rings. The van der Waals surface area contributed by atoms with Crippen molar-refractivity contribution in [2.75, 3.05) is 11.9 Å². The van der Waals surface area contributed by atoms with E-state index in [1.165, 1.54) is 15.3 Å². The number of para-hydroxylation sites is 1. The standard InChI is InChI=1S/C16H14ClN3S/c1-10-6-7-14(21-10)15-11-8-9-18-16(11)20(19-15)13-5-3-2-4-12(13)17/h2-7,18H,8-9H2,1H3. The second-order valence-corrected chi connectivity index (χ2v) is 6.82. The van der Waals surface area contributed by atoms with Gasteiger partial charge in [-0.05, 0) is 37.6 Å². The zero-order chi connectivity index (χ0) is 14.4. The van der Waals surface area contributed by atoms with Crippen molar-refractivity contribution < 1.29 is 0 Å². The highest BCUT2D eigenvalue weighted by molar-refractivity contribution is 7.15. The molecule has 1 N–H and O–H groups in total. The lowest BCUT2D eigenvalue weighted by atomic mass is 10.2. The molecule has 0 bridgehead atoms. The topological polar surface area (TPSA) is 29.9 Å². The molecule has 106 valence electrons. The van der Waals surface area contributed by atoms with Gasteiger partial charge in [0.1, 0.15) is 11.5 Å². The Morgan fingerprint density at radius 3 is 2.86 bits per heavy atom. The quantitative estimate of drug-likeness (QED) is 0.753. The van der Waals surface area contributed by atoms with Gasteiger partial charge in [-0.3, -0.25) is 0 Å². The minimum absolute atomic E-state index is 0.713. The van der Waals surface area contributed by atoms with Crippen LogP contribution >= 0.6 is 22.9 Å². The van der Waals surface area contributed by atoms with Gasteiger partial charge in [-0.1, -0.05) is 23.7 Å². The highest BCUT2D eigenvalue weighted by atomic mass is 35.5. The Bertz CT molecular complexity index is 819. The molecule has 0 aliphatic carbocycles. The second kappa shape index (κ2) is 4.90. The molecule has 1 aliphatic heterocycles. The molecule has 0 radical (unpaired) electrons. The lowest BCUT2D eigenvalue weighted by Crippen LogP contribution is -2.04. The first-order valence-corrected chi connectivity index (χ1v) is 8.11. The average molecular weight is 316 g/mol. The molecular weight excluding hydrogens is 302 g/mol. The summed E-state index contributed by atoms with van der Waals surface area (Å²) in [5.41, 5.74) is 3.29. The number of benzene rings is 1. The molecule has 0 amide bonds. The van der Waals surface area contributed by atoms with Gasteiger partial charge in [0.25, 0.3) is 0 Å². The molecule has 4 rings (SSSR count). The molecule has 0 unspecified atom stereocenters. The minimum atomic E-state index is 0.713. The van der Waals surface area contributed by atoms with Crippen LogP contribution < -0.4 is 5.32 Å². The van der Waals surface area contributed by atoms with Gasteiger partial charge in [-0.15, -0.1) is 11.3 Å². The van der Waals surface area contributed by atoms with E-state index in [0.717, 1.165) is 30.2 Å². The van der Waals surface area contributed by atoms with Crippen molar-refractivity contribution in [2.45, 2.75) is 13.3 Å². The summed E-state index contributed by atoms with van der Waals surface area (Å²) in [6.45, 7) is 3.08. The van der Waals surface area contributed by atoms with Gasteiger partial charge < -0.3 is 5.32 Å². The molecule has 1 aliphatic rings. The van der Waals surface area contributed by atoms with Crippen LogP contribution in [0.3, 0.4) is 0 Å². The summed E-state index contributed by atoms with van der Waals surface area (Å²) < 4.78 is 1.94. The summed E-state index contributed by atoms with van der Waals surface area (Å²) in [6.07, 6.45) is 1.01. The van der Waals surface area contributed by atoms with E-state index in [4.69, 9.17) is 16.7 Å². The van der Waals surface area contributed by atoms with Gasteiger partial charge in [0.15, 0.2) is 0 Å². The third-order valence-corrected chi connectivity index (χ3v) is 5.03. The van der Waals surface area contributed by atoms with E-state index in [0.29, 0.717) is 5.02 Å². The number of halogens is 1. The molecule has 0 atom stereocenters. The molecule has 2 aromatic heterocycles. The van der Waals surface area contributed by atoms with Crippen LogP contribution in [0.4, 0.5) is 5.82 Å². The molecule has 0 saturated carbocycles. The fraction of sp³-hybridized carbons (Fsp3) is 0.188. The monoisotopic (exact) mass is 315 g/mol. The zero-order valence-corrected chi connectivity index (χ0v) is 13.1. The van der Waals surface area contributed by atoms with Crippen LogP contribution in [0.5, 0.6) is 0 Å². The normalized spacial score (nSPS) is 13.2. The first kappa shape index (κ1) is 12.9. The van der Waals surface area contributed by atoms with Crippen molar-refractivity contribution in [2.24, 2.45) is 0 Å². The molecule has 3 heterocycles. The largest absolute Gasteiger partial charge is 0.369 e. The maximum atomic E-state index is 6.33. The first-order valence-electron chi connectivity index (χ1n) is 6.91. The van der Waals surface area contributed by atoms with Gasteiger partial charge >= 0.3 is 0 Å². The van der Waals surface area contributed by atoms with Crippen LogP contribution in [0, 0.1) is 6.92 Å². The Balaban J connectivity index is 1.93. The Kier molecular flexibility index (Phi) is 3.01. The summed E-state index contributed by atoms with van der Waals surface area (Å²) in [4.78, 5) is 2.52. The maximum absolute atomic E-state index is 6.33. The number of hydrogen-bond donors (Lipinski definition) is 1. The van der Waals surface area contributed by atoms with E-state index in [9.17, 15) is 0 Å². The van der Waals surface area contributed by atoms with Gasteiger partial charge in [0, 0.05) is 17.0 Å². The number of anilines is 1. The van der Waals surface area contributed by atoms with Crippen LogP contribution in [0.25, 0.3) is 16.3 Å². The van der Waals surface area contributed by atoms with Crippen LogP contribution in [-0.4, -0.2) is 16.3 Å². The first-order chi connectivity index (χ1) is 10.2. The minimum Gasteiger partial charge on any atom is -0.369 e. The predicted molar refractivity (Wildman–Crippen MR) is 88.8 cm³/mol. The number of nitrogens with one attached hydrogen (secondary N) is 1. The van der Waals surface area contributed by atoms with E-state index in [1.54, 1.807) is 11.3 Å². The molecule has 1 aromatic carbocycles. The molecular formula is C16H14ClN3S. The van der Waals surface area contributed by atoms with Gasteiger partial charge in [-0.2, -0.15) is 5.10 Å². The zero-order valence-electron chi connectivity index (χ0n) is 11.6. The van der Waals surface area contributed by atoms with E-state index in [2.05, 4.69) is 24.4 Å². The molecule has 21 heavy (non-hydrogen) atoms. The van der Waals surface area contributed by atoms with E-state index in [1.807, 2.05) is 28.9 Å². The number of aromatic nitrogens is 2. The summed E-state index contributed by atoms with van der Waals surface area (Å²) in [7, 11) is 0. The van der Waals surface area contributed by atoms with Crippen molar-refractivity contribution in [3.63, 3.8) is 0 Å². The Labute approximate surface area is 132 Å². The average Bonchev–Trinajstić information content (AvgIpc) is 3.15. The van der Waals surface area contributed by atoms with Crippen LogP contribution in [0.2, 0.25) is 5.02 Å². The molecule has 3 nitrogen and oxygen atoms in total. The highest BCUT2D eigenvalue weighted by Crippen LogP contribution is 2.38. The lowest BCUT2D eigenvalue weighted by Gasteiger charge is -2.07. The Morgan fingerprint density at radius 2 is 2.10 bits per heavy atom. The predicted octanol–water partition coefficient (Wildman–Crippen LogP) is 4.53. The second-order valence-electron chi connectivity index (χ2n) is 5.13. The van der Waals surface area contributed by atoms with Crippen molar-refractivity contribution in [3.05, 3.63) is 51.9 Å². The Hall–Kier alpha value is -1.78. The van der Waals surface area contributed by atoms with Gasteiger partial charge in [0.05, 0.1) is 15.6 Å². The van der Waals surface area contributed by atoms with Crippen molar-refractivity contribution in [1.29, 1.82) is 0 Å². The van der Waals surface area contributed by atoms with Crippen LogP contribution in [0.1, 0.15) is 10.4 Å². The van der Waals surface area contributed by atoms with Gasteiger partial charge in [-0.25, -0.2) is 4.68 Å². The molecule has 5 heteroatoms. The number of thiophene rings is 1. The summed E-state index contributed by atoms with van der Waals surface area (Å²) in [6, 6.07) is 12.1. The van der Waals surface area contributed by atoms with E-state index >= 15 is 0 Å². The SMILES string of the molecule is Cc1ccc(-c2nn(-c3ccccc3Cl)c3c2CCN3)s1. The van der Waals surface area contributed by atoms with Crippen LogP contribution in [0.15, 0.2) is 36.4 Å². The summed E-state index contributed by atoms with van der Waals surface area (Å²) >= 11 is 8.12. The van der Waals surface area contributed by atoms with E-state index < -0.39 is 0 Å². The van der Waals surface area contributed by atoms with E-state index in [-0.39, 0.29) is 0 Å². The van der Waals surface area contributed by atoms with Crippen molar-refractivity contribution in [3.8, 4) is 16.3 Å².